The van der Waals surface area contributed by atoms with Gasteiger partial charge in [0.1, 0.15) is 0 Å². The van der Waals surface area contributed by atoms with Crippen LogP contribution in [0.2, 0.25) is 0 Å². The van der Waals surface area contributed by atoms with E-state index in [1.165, 1.54) is 0 Å². The molecule has 1 atom stereocenters. The predicted molar refractivity (Wildman–Crippen MR) is 58.6 cm³/mol. The van der Waals surface area contributed by atoms with Crippen molar-refractivity contribution in [3.63, 3.8) is 0 Å². The summed E-state index contributed by atoms with van der Waals surface area (Å²) in [6.45, 7) is 1.98. The molecule has 14 heavy (non-hydrogen) atoms. The lowest BCUT2D eigenvalue weighted by Crippen LogP contribution is -1.99. The van der Waals surface area contributed by atoms with Crippen LogP contribution in [0.4, 0.5) is 0 Å². The lowest BCUT2D eigenvalue weighted by molar-refractivity contribution is 0.918. The molecule has 0 radical (unpaired) electrons. The summed E-state index contributed by atoms with van der Waals surface area (Å²) in [6.07, 6.45) is 2.62. The molecular formula is C11H11ClN2. The molecule has 0 bridgehead atoms. The number of alkyl halides is 1. The van der Waals surface area contributed by atoms with Gasteiger partial charge in [0, 0.05) is 10.8 Å². The molecule has 1 aromatic heterocycles. The Labute approximate surface area is 87.9 Å². The third kappa shape index (κ3) is 1.85. The molecule has 3 heteroatoms. The first-order chi connectivity index (χ1) is 6.77. The van der Waals surface area contributed by atoms with E-state index in [0.717, 1.165) is 22.9 Å². The molecule has 0 aliphatic carbocycles. The van der Waals surface area contributed by atoms with Crippen molar-refractivity contribution in [2.75, 3.05) is 0 Å². The third-order valence-electron chi connectivity index (χ3n) is 2.13. The smallest absolute Gasteiger partial charge is 0.0932 e. The zero-order chi connectivity index (χ0) is 9.97. The van der Waals surface area contributed by atoms with E-state index in [1.807, 2.05) is 25.1 Å². The van der Waals surface area contributed by atoms with Crippen LogP contribution in [-0.2, 0) is 6.42 Å². The molecule has 2 nitrogen and oxygen atoms in total. The number of halogens is 1. The van der Waals surface area contributed by atoms with Gasteiger partial charge in [-0.25, -0.2) is 0 Å². The van der Waals surface area contributed by atoms with Crippen LogP contribution in [0.3, 0.4) is 0 Å². The standard InChI is InChI=1S/C11H11ClN2/c1-8(12)6-9-7-13-14-11-5-3-2-4-10(9)11/h2-5,7-8H,6H2,1H3. The molecule has 0 saturated carbocycles. The van der Waals surface area contributed by atoms with Gasteiger partial charge in [-0.15, -0.1) is 11.6 Å². The average molecular weight is 207 g/mol. The minimum Gasteiger partial charge on any atom is -0.158 e. The number of benzene rings is 1. The van der Waals surface area contributed by atoms with Gasteiger partial charge in [-0.2, -0.15) is 10.2 Å². The van der Waals surface area contributed by atoms with Crippen LogP contribution < -0.4 is 0 Å². The number of rotatable bonds is 2. The van der Waals surface area contributed by atoms with E-state index in [0.29, 0.717) is 0 Å². The fourth-order valence-corrected chi connectivity index (χ4v) is 1.69. The Morgan fingerprint density at radius 3 is 2.93 bits per heavy atom. The summed E-state index contributed by atoms with van der Waals surface area (Å²) in [5.74, 6) is 0. The largest absolute Gasteiger partial charge is 0.158 e. The molecule has 72 valence electrons. The highest BCUT2D eigenvalue weighted by molar-refractivity contribution is 6.20. The minimum absolute atomic E-state index is 0.127. The maximum atomic E-state index is 5.96. The van der Waals surface area contributed by atoms with Crippen LogP contribution in [-0.4, -0.2) is 15.6 Å². The average Bonchev–Trinajstić information content (AvgIpc) is 2.18. The van der Waals surface area contributed by atoms with Crippen molar-refractivity contribution in [1.29, 1.82) is 0 Å². The van der Waals surface area contributed by atoms with Gasteiger partial charge in [-0.1, -0.05) is 18.2 Å². The summed E-state index contributed by atoms with van der Waals surface area (Å²) in [4.78, 5) is 0. The molecule has 0 aliphatic rings. The molecule has 0 saturated heterocycles. The number of nitrogens with zero attached hydrogens (tertiary/aromatic N) is 2. The van der Waals surface area contributed by atoms with Crippen molar-refractivity contribution in [2.24, 2.45) is 0 Å². The Kier molecular flexibility index (Phi) is 2.64. The van der Waals surface area contributed by atoms with Gasteiger partial charge in [0.15, 0.2) is 0 Å². The molecule has 0 N–H and O–H groups in total. The van der Waals surface area contributed by atoms with Gasteiger partial charge in [-0.05, 0) is 25.0 Å². The molecule has 1 heterocycles. The van der Waals surface area contributed by atoms with E-state index in [-0.39, 0.29) is 5.38 Å². The highest BCUT2D eigenvalue weighted by Crippen LogP contribution is 2.17. The number of fused-ring (bicyclic) bond motifs is 1. The molecule has 1 aromatic carbocycles. The summed E-state index contributed by atoms with van der Waals surface area (Å²) >= 11 is 5.96. The quantitative estimate of drug-likeness (QED) is 0.707. The Hall–Kier alpha value is -1.15. The number of hydrogen-bond acceptors (Lipinski definition) is 2. The van der Waals surface area contributed by atoms with Gasteiger partial charge in [0.2, 0.25) is 0 Å². The molecule has 1 unspecified atom stereocenters. The fourth-order valence-electron chi connectivity index (χ4n) is 1.53. The fraction of sp³-hybridized carbons (Fsp3) is 0.273. The molecule has 0 amide bonds. The molecule has 2 aromatic rings. The maximum absolute atomic E-state index is 5.96. The van der Waals surface area contributed by atoms with Crippen molar-refractivity contribution in [1.82, 2.24) is 10.2 Å². The first kappa shape index (κ1) is 9.41. The number of hydrogen-bond donors (Lipinski definition) is 0. The van der Waals surface area contributed by atoms with Crippen LogP contribution in [0.5, 0.6) is 0 Å². The van der Waals surface area contributed by atoms with E-state index < -0.39 is 0 Å². The van der Waals surface area contributed by atoms with Crippen molar-refractivity contribution in [2.45, 2.75) is 18.7 Å². The lowest BCUT2D eigenvalue weighted by atomic mass is 10.1. The Morgan fingerprint density at radius 1 is 1.36 bits per heavy atom. The van der Waals surface area contributed by atoms with E-state index in [4.69, 9.17) is 11.6 Å². The third-order valence-corrected chi connectivity index (χ3v) is 2.28. The summed E-state index contributed by atoms with van der Waals surface area (Å²) < 4.78 is 0. The molecular weight excluding hydrogens is 196 g/mol. The maximum Gasteiger partial charge on any atom is 0.0932 e. The van der Waals surface area contributed by atoms with Crippen LogP contribution >= 0.6 is 11.6 Å². The summed E-state index contributed by atoms with van der Waals surface area (Å²) in [5, 5.41) is 9.29. The van der Waals surface area contributed by atoms with Crippen molar-refractivity contribution < 1.29 is 0 Å². The summed E-state index contributed by atoms with van der Waals surface area (Å²) in [5.41, 5.74) is 2.10. The van der Waals surface area contributed by atoms with E-state index in [9.17, 15) is 0 Å². The van der Waals surface area contributed by atoms with E-state index in [1.54, 1.807) is 6.20 Å². The van der Waals surface area contributed by atoms with Crippen molar-refractivity contribution in [3.05, 3.63) is 36.0 Å². The lowest BCUT2D eigenvalue weighted by Gasteiger charge is -2.05. The summed E-state index contributed by atoms with van der Waals surface area (Å²) in [6, 6.07) is 7.99. The SMILES string of the molecule is CC(Cl)Cc1cnnc2ccccc12. The van der Waals surface area contributed by atoms with Crippen LogP contribution in [0.15, 0.2) is 30.5 Å². The number of aromatic nitrogens is 2. The second-order valence-corrected chi connectivity index (χ2v) is 4.12. The topological polar surface area (TPSA) is 25.8 Å². The zero-order valence-corrected chi connectivity index (χ0v) is 8.70. The van der Waals surface area contributed by atoms with E-state index >= 15 is 0 Å². The second kappa shape index (κ2) is 3.93. The van der Waals surface area contributed by atoms with Crippen LogP contribution in [0, 0.1) is 0 Å². The van der Waals surface area contributed by atoms with Crippen molar-refractivity contribution in [3.8, 4) is 0 Å². The Bertz CT molecular complexity index is 435. The van der Waals surface area contributed by atoms with Gasteiger partial charge < -0.3 is 0 Å². The second-order valence-electron chi connectivity index (χ2n) is 3.37. The monoisotopic (exact) mass is 206 g/mol. The molecule has 0 fully saturated rings. The first-order valence-corrected chi connectivity index (χ1v) is 5.04. The Balaban J connectivity index is 2.53. The van der Waals surface area contributed by atoms with Gasteiger partial charge >= 0.3 is 0 Å². The highest BCUT2D eigenvalue weighted by Gasteiger charge is 2.04. The normalized spacial score (nSPS) is 13.0. The molecule has 2 rings (SSSR count). The summed E-state index contributed by atoms with van der Waals surface area (Å²) in [7, 11) is 0. The van der Waals surface area contributed by atoms with Crippen molar-refractivity contribution >= 4 is 22.5 Å². The first-order valence-electron chi connectivity index (χ1n) is 4.61. The molecule has 0 aliphatic heterocycles. The highest BCUT2D eigenvalue weighted by atomic mass is 35.5. The minimum atomic E-state index is 0.127. The van der Waals surface area contributed by atoms with E-state index in [2.05, 4.69) is 16.3 Å². The van der Waals surface area contributed by atoms with Gasteiger partial charge in [0.05, 0.1) is 11.7 Å². The van der Waals surface area contributed by atoms with Crippen LogP contribution in [0.1, 0.15) is 12.5 Å². The van der Waals surface area contributed by atoms with Gasteiger partial charge in [-0.3, -0.25) is 0 Å². The van der Waals surface area contributed by atoms with Crippen LogP contribution in [0.25, 0.3) is 10.9 Å². The zero-order valence-electron chi connectivity index (χ0n) is 7.94. The predicted octanol–water partition coefficient (Wildman–Crippen LogP) is 2.80. The van der Waals surface area contributed by atoms with Gasteiger partial charge in [0.25, 0.3) is 0 Å². The molecule has 0 spiro atoms. The Morgan fingerprint density at radius 2 is 2.14 bits per heavy atom.